The Kier molecular flexibility index (Phi) is 5.80. The predicted molar refractivity (Wildman–Crippen MR) is 106 cm³/mol. The van der Waals surface area contributed by atoms with Crippen LogP contribution in [-0.4, -0.2) is 15.1 Å². The van der Waals surface area contributed by atoms with Gasteiger partial charge >= 0.3 is 0 Å². The van der Waals surface area contributed by atoms with Gasteiger partial charge in [-0.2, -0.15) is 5.10 Å². The van der Waals surface area contributed by atoms with E-state index < -0.39 is 4.92 Å². The third kappa shape index (κ3) is 4.49. The fraction of sp³-hybridized carbons (Fsp3) is 0.300. The largest absolute Gasteiger partial charge is 0.393 e. The number of hydrogen-bond donors (Lipinski definition) is 2. The maximum atomic E-state index is 11.6. The van der Waals surface area contributed by atoms with Crippen LogP contribution in [0.5, 0.6) is 0 Å². The molecule has 1 heterocycles. The Bertz CT molecular complexity index is 996. The summed E-state index contributed by atoms with van der Waals surface area (Å²) >= 11 is 0. The van der Waals surface area contributed by atoms with E-state index in [0.29, 0.717) is 0 Å². The number of rotatable bonds is 4. The molecular formula is C20H22N4O3. The Morgan fingerprint density at radius 1 is 1.11 bits per heavy atom. The van der Waals surface area contributed by atoms with Crippen molar-refractivity contribution in [3.63, 3.8) is 0 Å². The molecule has 3 aromatic rings. The van der Waals surface area contributed by atoms with E-state index in [-0.39, 0.29) is 16.9 Å². The Morgan fingerprint density at radius 3 is 2.37 bits per heavy atom. The quantitative estimate of drug-likeness (QED) is 0.414. The Labute approximate surface area is 156 Å². The third-order valence-electron chi connectivity index (χ3n) is 4.92. The lowest BCUT2D eigenvalue weighted by Gasteiger charge is -2.24. The lowest BCUT2D eigenvalue weighted by molar-refractivity contribution is -0.383. The summed E-state index contributed by atoms with van der Waals surface area (Å²) < 4.78 is 0. The molecule has 0 aliphatic heterocycles. The van der Waals surface area contributed by atoms with Crippen LogP contribution in [0, 0.1) is 16.0 Å². The van der Waals surface area contributed by atoms with E-state index in [1.165, 1.54) is 37.8 Å². The molecule has 0 unspecified atom stereocenters. The lowest BCUT2D eigenvalue weighted by atomic mass is 9.81. The molecule has 0 amide bonds. The van der Waals surface area contributed by atoms with E-state index in [2.05, 4.69) is 10.2 Å². The van der Waals surface area contributed by atoms with E-state index >= 15 is 0 Å². The molecule has 2 aromatic carbocycles. The minimum absolute atomic E-state index is 0.0394. The highest BCUT2D eigenvalue weighted by Gasteiger charge is 2.17. The number of nitrogens with one attached hydrogen (secondary N) is 1. The van der Waals surface area contributed by atoms with Crippen LogP contribution in [-0.2, 0) is 6.42 Å². The number of anilines is 1. The number of nitrogens with two attached hydrogens (primary N) is 1. The van der Waals surface area contributed by atoms with Gasteiger partial charge in [0.05, 0.1) is 16.0 Å². The van der Waals surface area contributed by atoms with Crippen LogP contribution < -0.4 is 11.3 Å². The molecule has 1 aliphatic rings. The van der Waals surface area contributed by atoms with Crippen molar-refractivity contribution in [3.8, 4) is 0 Å². The summed E-state index contributed by atoms with van der Waals surface area (Å²) in [5.74, 6) is 0.877. The fourth-order valence-corrected chi connectivity index (χ4v) is 3.14. The topological polar surface area (TPSA) is 115 Å². The Balaban J connectivity index is 0.000000180. The summed E-state index contributed by atoms with van der Waals surface area (Å²) in [7, 11) is 0. The number of benzene rings is 2. The summed E-state index contributed by atoms with van der Waals surface area (Å²) in [6.45, 7) is 0. The number of nitrogens with zero attached hydrogens (tertiary/aromatic N) is 2. The number of nitro groups is 1. The van der Waals surface area contributed by atoms with E-state index in [1.54, 1.807) is 12.1 Å². The van der Waals surface area contributed by atoms with Crippen molar-refractivity contribution >= 4 is 22.1 Å². The number of aromatic nitrogens is 2. The second-order valence-electron chi connectivity index (χ2n) is 6.70. The number of fused-ring (bicyclic) bond motifs is 1. The summed E-state index contributed by atoms with van der Waals surface area (Å²) in [6, 6.07) is 13.8. The van der Waals surface area contributed by atoms with Crippen LogP contribution in [0.25, 0.3) is 10.8 Å². The molecule has 3 N–H and O–H groups in total. The highest BCUT2D eigenvalue weighted by atomic mass is 16.6. The zero-order chi connectivity index (χ0) is 19.2. The average molecular weight is 366 g/mol. The number of aryl methyl sites for hydroxylation is 1. The fourth-order valence-electron chi connectivity index (χ4n) is 3.14. The average Bonchev–Trinajstić information content (AvgIpc) is 2.63. The molecule has 1 aliphatic carbocycles. The summed E-state index contributed by atoms with van der Waals surface area (Å²) in [6.07, 6.45) is 6.28. The van der Waals surface area contributed by atoms with Crippen molar-refractivity contribution in [1.82, 2.24) is 10.2 Å². The first-order chi connectivity index (χ1) is 13.1. The first kappa shape index (κ1) is 18.6. The number of H-pyrrole nitrogens is 1. The van der Waals surface area contributed by atoms with Crippen molar-refractivity contribution < 1.29 is 4.92 Å². The first-order valence-electron chi connectivity index (χ1n) is 9.01. The van der Waals surface area contributed by atoms with Crippen molar-refractivity contribution in [3.05, 3.63) is 74.7 Å². The summed E-state index contributed by atoms with van der Waals surface area (Å²) in [5.41, 5.74) is 6.39. The van der Waals surface area contributed by atoms with E-state index in [0.717, 1.165) is 28.8 Å². The molecule has 0 atom stereocenters. The van der Waals surface area contributed by atoms with Crippen molar-refractivity contribution in [2.75, 3.05) is 5.73 Å². The molecule has 1 saturated carbocycles. The minimum atomic E-state index is -0.505. The van der Waals surface area contributed by atoms with Crippen LogP contribution >= 0.6 is 0 Å². The van der Waals surface area contributed by atoms with E-state index in [9.17, 15) is 14.9 Å². The molecule has 0 bridgehead atoms. The maximum absolute atomic E-state index is 11.6. The second-order valence-corrected chi connectivity index (χ2v) is 6.70. The van der Waals surface area contributed by atoms with E-state index in [1.807, 2.05) is 24.3 Å². The Hall–Kier alpha value is -3.22. The molecule has 7 nitrogen and oxygen atoms in total. The molecule has 4 rings (SSSR count). The number of para-hydroxylation sites is 2. The molecule has 1 aromatic heterocycles. The van der Waals surface area contributed by atoms with Crippen molar-refractivity contribution in [1.29, 1.82) is 0 Å². The zero-order valence-corrected chi connectivity index (χ0v) is 14.9. The highest BCUT2D eigenvalue weighted by molar-refractivity contribution is 5.83. The molecule has 0 saturated heterocycles. The molecule has 1 fully saturated rings. The summed E-state index contributed by atoms with van der Waals surface area (Å²) in [4.78, 5) is 21.3. The number of nitro benzene ring substituents is 1. The number of hydrogen-bond acceptors (Lipinski definition) is 5. The van der Waals surface area contributed by atoms with Gasteiger partial charge in [0.1, 0.15) is 5.69 Å². The molecule has 7 heteroatoms. The van der Waals surface area contributed by atoms with Gasteiger partial charge in [-0.05, 0) is 30.9 Å². The normalized spacial score (nSPS) is 13.5. The predicted octanol–water partition coefficient (Wildman–Crippen LogP) is 3.83. The van der Waals surface area contributed by atoms with Gasteiger partial charge in [-0.25, -0.2) is 5.10 Å². The highest BCUT2D eigenvalue weighted by Crippen LogP contribution is 2.30. The van der Waals surface area contributed by atoms with Gasteiger partial charge in [0, 0.05) is 11.5 Å². The van der Waals surface area contributed by atoms with Crippen LogP contribution in [0.1, 0.15) is 31.4 Å². The number of aromatic amines is 1. The lowest BCUT2D eigenvalue weighted by Crippen LogP contribution is -2.14. The van der Waals surface area contributed by atoms with Gasteiger partial charge in [0.2, 0.25) is 0 Å². The smallest absolute Gasteiger partial charge is 0.292 e. The molecule has 0 spiro atoms. The van der Waals surface area contributed by atoms with Crippen LogP contribution in [0.4, 0.5) is 11.4 Å². The van der Waals surface area contributed by atoms with E-state index in [4.69, 9.17) is 5.73 Å². The van der Waals surface area contributed by atoms with Gasteiger partial charge in [0.25, 0.3) is 11.2 Å². The minimum Gasteiger partial charge on any atom is -0.393 e. The number of nitrogen functional groups attached to an aromatic ring is 1. The maximum Gasteiger partial charge on any atom is 0.292 e. The van der Waals surface area contributed by atoms with Crippen LogP contribution in [0.2, 0.25) is 0 Å². The van der Waals surface area contributed by atoms with Crippen LogP contribution in [0.15, 0.2) is 53.3 Å². The molecule has 27 heavy (non-hydrogen) atoms. The van der Waals surface area contributed by atoms with Gasteiger partial charge in [-0.1, -0.05) is 49.6 Å². The Morgan fingerprint density at radius 2 is 1.78 bits per heavy atom. The first-order valence-corrected chi connectivity index (χ1v) is 9.01. The zero-order valence-electron chi connectivity index (χ0n) is 14.9. The van der Waals surface area contributed by atoms with Crippen molar-refractivity contribution in [2.45, 2.75) is 32.1 Å². The van der Waals surface area contributed by atoms with Gasteiger partial charge in [-0.15, -0.1) is 0 Å². The molecular weight excluding hydrogens is 344 g/mol. The molecule has 140 valence electrons. The standard InChI is InChI=1S/C14H16N2O.C6H6N2O2/c17-14-12-7-2-1-6-11(12)13(15-16-14)9-8-10-4-3-5-10;7-5-3-1-2-4-6(5)8(9)10/h1-2,6-7,10H,3-5,8-9H2,(H,16,17);1-4H,7H2. The SMILES string of the molecule is Nc1ccccc1[N+](=O)[O-].O=c1[nH]nc(CCC2CCC2)c2ccccc12. The summed E-state index contributed by atoms with van der Waals surface area (Å²) in [5, 5.41) is 18.7. The van der Waals surface area contributed by atoms with Gasteiger partial charge < -0.3 is 5.73 Å². The van der Waals surface area contributed by atoms with Crippen molar-refractivity contribution in [2.24, 2.45) is 5.92 Å². The van der Waals surface area contributed by atoms with Gasteiger partial charge in [-0.3, -0.25) is 14.9 Å². The molecule has 0 radical (unpaired) electrons. The monoisotopic (exact) mass is 366 g/mol. The van der Waals surface area contributed by atoms with Crippen LogP contribution in [0.3, 0.4) is 0 Å². The second kappa shape index (κ2) is 8.44. The van der Waals surface area contributed by atoms with Gasteiger partial charge in [0.15, 0.2) is 0 Å². The third-order valence-corrected chi connectivity index (χ3v) is 4.92.